The minimum Gasteiger partial charge on any atom is -0.455 e. The van der Waals surface area contributed by atoms with Crippen molar-refractivity contribution < 1.29 is 26.4 Å². The third-order valence-corrected chi connectivity index (χ3v) is 8.86. The second-order valence-electron chi connectivity index (χ2n) is 10.8. The summed E-state index contributed by atoms with van der Waals surface area (Å²) < 4.78 is 52.4. The Morgan fingerprint density at radius 3 is 2.33 bits per heavy atom. The minimum atomic E-state index is -3.80. The number of hydrogen-bond acceptors (Lipinski definition) is 8. The highest BCUT2D eigenvalue weighted by Gasteiger charge is 2.26. The van der Waals surface area contributed by atoms with Crippen LogP contribution in [0.5, 0.6) is 0 Å². The number of anilines is 1. The SMILES string of the molecule is CNC(=O)c1c(-c2ccc(C)cc2)oc2cc(N(C)S(C)(=O)=O)c(-c3ccc4oc(=O)n(Cc5ccc(F)cc5)c(=O)c4n3)cc12. The summed E-state index contributed by atoms with van der Waals surface area (Å²) in [6, 6.07) is 18.7. The van der Waals surface area contributed by atoms with Crippen LogP contribution in [0.3, 0.4) is 0 Å². The normalized spacial score (nSPS) is 11.7. The number of aromatic nitrogens is 2. The van der Waals surface area contributed by atoms with Gasteiger partial charge in [0.2, 0.25) is 10.0 Å². The first kappa shape index (κ1) is 30.5. The molecule has 234 valence electrons. The molecule has 3 heterocycles. The van der Waals surface area contributed by atoms with Crippen molar-refractivity contribution in [3.05, 3.63) is 116 Å². The van der Waals surface area contributed by atoms with Gasteiger partial charge in [0.05, 0.1) is 29.7 Å². The van der Waals surface area contributed by atoms with Crippen LogP contribution in [0, 0.1) is 12.7 Å². The predicted octanol–water partition coefficient (Wildman–Crippen LogP) is 4.68. The van der Waals surface area contributed by atoms with Crippen molar-refractivity contribution in [1.29, 1.82) is 0 Å². The number of pyridine rings is 1. The van der Waals surface area contributed by atoms with Gasteiger partial charge in [-0.05, 0) is 42.8 Å². The molecule has 0 unspecified atom stereocenters. The first-order chi connectivity index (χ1) is 21.8. The number of nitrogens with one attached hydrogen (secondary N) is 1. The Balaban J connectivity index is 1.61. The van der Waals surface area contributed by atoms with E-state index in [0.717, 1.165) is 20.7 Å². The summed E-state index contributed by atoms with van der Waals surface area (Å²) in [4.78, 5) is 44.0. The van der Waals surface area contributed by atoms with Gasteiger partial charge in [-0.2, -0.15) is 0 Å². The molecule has 0 radical (unpaired) electrons. The summed E-state index contributed by atoms with van der Waals surface area (Å²) >= 11 is 0. The molecule has 13 heteroatoms. The predicted molar refractivity (Wildman–Crippen MR) is 172 cm³/mol. The van der Waals surface area contributed by atoms with Crippen molar-refractivity contribution in [2.45, 2.75) is 13.5 Å². The Morgan fingerprint density at radius 2 is 1.67 bits per heavy atom. The number of carbonyl (C=O) groups is 1. The molecule has 6 rings (SSSR count). The van der Waals surface area contributed by atoms with E-state index in [1.54, 1.807) is 6.07 Å². The molecule has 46 heavy (non-hydrogen) atoms. The molecular formula is C33H27FN4O7S. The molecule has 11 nitrogen and oxygen atoms in total. The molecule has 0 atom stereocenters. The van der Waals surface area contributed by atoms with E-state index >= 15 is 0 Å². The first-order valence-corrected chi connectivity index (χ1v) is 15.8. The lowest BCUT2D eigenvalue weighted by molar-refractivity contribution is 0.0964. The van der Waals surface area contributed by atoms with Crippen LogP contribution in [0.1, 0.15) is 21.5 Å². The van der Waals surface area contributed by atoms with Crippen molar-refractivity contribution >= 4 is 43.7 Å². The molecule has 0 fully saturated rings. The van der Waals surface area contributed by atoms with E-state index in [1.165, 1.54) is 56.6 Å². The summed E-state index contributed by atoms with van der Waals surface area (Å²) in [6.45, 7) is 1.74. The van der Waals surface area contributed by atoms with Crippen LogP contribution in [-0.4, -0.2) is 44.2 Å². The average molecular weight is 643 g/mol. The van der Waals surface area contributed by atoms with Crippen molar-refractivity contribution in [3.63, 3.8) is 0 Å². The second-order valence-corrected chi connectivity index (χ2v) is 12.8. The van der Waals surface area contributed by atoms with Crippen LogP contribution >= 0.6 is 0 Å². The Labute approximate surface area is 261 Å². The highest BCUT2D eigenvalue weighted by molar-refractivity contribution is 7.92. The maximum Gasteiger partial charge on any atom is 0.422 e. The number of furan rings is 1. The van der Waals surface area contributed by atoms with Gasteiger partial charge < -0.3 is 14.2 Å². The lowest BCUT2D eigenvalue weighted by atomic mass is 10.0. The number of benzene rings is 3. The van der Waals surface area contributed by atoms with E-state index in [4.69, 9.17) is 8.83 Å². The molecule has 0 aliphatic rings. The van der Waals surface area contributed by atoms with Gasteiger partial charge in [0.15, 0.2) is 11.1 Å². The number of rotatable bonds is 7. The van der Waals surface area contributed by atoms with Gasteiger partial charge in [0, 0.05) is 36.7 Å². The van der Waals surface area contributed by atoms with E-state index < -0.39 is 33.1 Å². The molecular weight excluding hydrogens is 615 g/mol. The topological polar surface area (TPSA) is 145 Å². The van der Waals surface area contributed by atoms with E-state index in [1.807, 2.05) is 31.2 Å². The van der Waals surface area contributed by atoms with Crippen LogP contribution in [0.4, 0.5) is 10.1 Å². The second kappa shape index (κ2) is 11.4. The monoisotopic (exact) mass is 642 g/mol. The van der Waals surface area contributed by atoms with E-state index in [-0.39, 0.29) is 51.5 Å². The van der Waals surface area contributed by atoms with Crippen molar-refractivity contribution in [2.24, 2.45) is 0 Å². The fraction of sp³-hybridized carbons (Fsp3) is 0.152. The molecule has 0 saturated heterocycles. The average Bonchev–Trinajstić information content (AvgIpc) is 3.41. The number of halogens is 1. The zero-order valence-corrected chi connectivity index (χ0v) is 25.9. The van der Waals surface area contributed by atoms with Gasteiger partial charge in [-0.15, -0.1) is 0 Å². The minimum absolute atomic E-state index is 0.0794. The van der Waals surface area contributed by atoms with Crippen LogP contribution < -0.4 is 20.9 Å². The van der Waals surface area contributed by atoms with Gasteiger partial charge >= 0.3 is 5.76 Å². The summed E-state index contributed by atoms with van der Waals surface area (Å²) in [6.07, 6.45) is 1.04. The summed E-state index contributed by atoms with van der Waals surface area (Å²) in [5.41, 5.74) is 2.18. The number of carbonyl (C=O) groups excluding carboxylic acids is 1. The number of sulfonamides is 1. The van der Waals surface area contributed by atoms with Crippen LogP contribution in [-0.2, 0) is 16.6 Å². The zero-order valence-electron chi connectivity index (χ0n) is 25.1. The van der Waals surface area contributed by atoms with E-state index in [0.29, 0.717) is 16.5 Å². The number of fused-ring (bicyclic) bond motifs is 2. The molecule has 0 aliphatic carbocycles. The number of amides is 1. The van der Waals surface area contributed by atoms with Gasteiger partial charge in [-0.3, -0.25) is 13.9 Å². The Morgan fingerprint density at radius 1 is 0.978 bits per heavy atom. The summed E-state index contributed by atoms with van der Waals surface area (Å²) in [5.74, 6) is -1.53. The highest BCUT2D eigenvalue weighted by Crippen LogP contribution is 2.41. The molecule has 0 saturated carbocycles. The maximum atomic E-state index is 13.6. The highest BCUT2D eigenvalue weighted by atomic mass is 32.2. The van der Waals surface area contributed by atoms with Gasteiger partial charge in [0.25, 0.3) is 11.5 Å². The Hall–Kier alpha value is -5.56. The van der Waals surface area contributed by atoms with Crippen molar-refractivity contribution in [3.8, 4) is 22.6 Å². The molecule has 0 spiro atoms. The lowest BCUT2D eigenvalue weighted by Crippen LogP contribution is -2.33. The van der Waals surface area contributed by atoms with Gasteiger partial charge in [-0.25, -0.2) is 27.2 Å². The third-order valence-electron chi connectivity index (χ3n) is 7.66. The fourth-order valence-electron chi connectivity index (χ4n) is 5.14. The maximum absolute atomic E-state index is 13.6. The molecule has 3 aromatic carbocycles. The molecule has 0 aliphatic heterocycles. The molecule has 3 aromatic heterocycles. The summed E-state index contributed by atoms with van der Waals surface area (Å²) in [7, 11) is -0.956. The molecule has 6 aromatic rings. The Kier molecular flexibility index (Phi) is 7.56. The van der Waals surface area contributed by atoms with E-state index in [2.05, 4.69) is 10.3 Å². The largest absolute Gasteiger partial charge is 0.455 e. The van der Waals surface area contributed by atoms with Crippen LogP contribution in [0.15, 0.2) is 91.2 Å². The standard InChI is InChI=1S/C33H27FN4O7S/c1-18-5-9-20(10-6-18)30-28(31(39)35-2)23-15-22(25(16-27(23)44-30)37(3)46(4,42)43)24-13-14-26-29(36-24)32(40)38(33(41)45-26)17-19-7-11-21(34)12-8-19/h5-16H,17H2,1-4H3,(H,35,39). The van der Waals surface area contributed by atoms with Crippen molar-refractivity contribution in [1.82, 2.24) is 14.9 Å². The Bertz CT molecular complexity index is 2400. The number of nitrogens with zero attached hydrogens (tertiary/aromatic N) is 3. The smallest absolute Gasteiger partial charge is 0.422 e. The van der Waals surface area contributed by atoms with Gasteiger partial charge in [-0.1, -0.05) is 42.0 Å². The van der Waals surface area contributed by atoms with Crippen LogP contribution in [0.25, 0.3) is 44.7 Å². The number of aryl methyl sites for hydroxylation is 1. The molecule has 0 bridgehead atoms. The zero-order chi connectivity index (χ0) is 32.9. The molecule has 1 N–H and O–H groups in total. The first-order valence-electron chi connectivity index (χ1n) is 14.0. The van der Waals surface area contributed by atoms with E-state index in [9.17, 15) is 27.2 Å². The van der Waals surface area contributed by atoms with Crippen LogP contribution in [0.2, 0.25) is 0 Å². The fourth-order valence-corrected chi connectivity index (χ4v) is 5.64. The van der Waals surface area contributed by atoms with Gasteiger partial charge in [0.1, 0.15) is 17.2 Å². The quantitative estimate of drug-likeness (QED) is 0.264. The number of hydrogen-bond donors (Lipinski definition) is 1. The lowest BCUT2D eigenvalue weighted by Gasteiger charge is -2.20. The summed E-state index contributed by atoms with van der Waals surface area (Å²) in [5, 5.41) is 3.02. The van der Waals surface area contributed by atoms with Crippen molar-refractivity contribution in [2.75, 3.05) is 24.7 Å². The third kappa shape index (κ3) is 5.45. The molecule has 1 amide bonds.